The third kappa shape index (κ3) is 7.58. The van der Waals surface area contributed by atoms with E-state index in [0.717, 1.165) is 23.5 Å². The van der Waals surface area contributed by atoms with Crippen molar-refractivity contribution in [2.75, 3.05) is 11.6 Å². The first-order chi connectivity index (χ1) is 19.5. The third-order valence-electron chi connectivity index (χ3n) is 5.45. The van der Waals surface area contributed by atoms with Crippen LogP contribution in [0.4, 0.5) is 10.1 Å². The molecule has 0 saturated carbocycles. The van der Waals surface area contributed by atoms with Crippen molar-refractivity contribution in [3.05, 3.63) is 107 Å². The molecule has 3 N–H and O–H groups in total. The van der Waals surface area contributed by atoms with Gasteiger partial charge in [-0.3, -0.25) is 14.4 Å². The van der Waals surface area contributed by atoms with Gasteiger partial charge in [0.2, 0.25) is 15.9 Å². The molecule has 4 rings (SSSR count). The lowest BCUT2D eigenvalue weighted by Gasteiger charge is -2.18. The monoisotopic (exact) mass is 597 g/mol. The molecule has 0 unspecified atom stereocenters. The highest BCUT2D eigenvalue weighted by molar-refractivity contribution is 7.89. The van der Waals surface area contributed by atoms with Gasteiger partial charge in [-0.25, -0.2) is 17.5 Å². The van der Waals surface area contributed by atoms with Crippen molar-refractivity contribution >= 4 is 51.1 Å². The number of nitrogens with one attached hydrogen (secondary N) is 3. The molecular formula is C26H21ClFN7O5S. The molecule has 12 nitrogen and oxygen atoms in total. The van der Waals surface area contributed by atoms with Crippen LogP contribution in [-0.4, -0.2) is 52.6 Å². The molecular weight excluding hydrogens is 577 g/mol. The van der Waals surface area contributed by atoms with Crippen molar-refractivity contribution in [3.63, 3.8) is 0 Å². The summed E-state index contributed by atoms with van der Waals surface area (Å²) in [6.07, 6.45) is 4.22. The van der Waals surface area contributed by atoms with Crippen molar-refractivity contribution in [1.82, 2.24) is 30.2 Å². The van der Waals surface area contributed by atoms with Gasteiger partial charge in [-0.2, -0.15) is 0 Å². The molecule has 1 atom stereocenters. The Kier molecular flexibility index (Phi) is 8.84. The summed E-state index contributed by atoms with van der Waals surface area (Å²) in [6.45, 7) is 0. The van der Waals surface area contributed by atoms with Gasteiger partial charge in [0.1, 0.15) is 6.04 Å². The first-order valence-electron chi connectivity index (χ1n) is 11.7. The normalized spacial score (nSPS) is 12.1. The molecule has 3 amide bonds. The summed E-state index contributed by atoms with van der Waals surface area (Å²) in [5, 5.41) is 16.3. The number of benzene rings is 3. The number of sulfonamides is 1. The van der Waals surface area contributed by atoms with E-state index in [-0.39, 0.29) is 27.5 Å². The Morgan fingerprint density at radius 1 is 1.02 bits per heavy atom. The average Bonchev–Trinajstić information content (AvgIpc) is 3.47. The minimum Gasteiger partial charge on any atom is -0.337 e. The van der Waals surface area contributed by atoms with Crippen molar-refractivity contribution in [1.29, 1.82) is 0 Å². The molecule has 0 saturated heterocycles. The van der Waals surface area contributed by atoms with Crippen LogP contribution in [0.5, 0.6) is 0 Å². The number of hydrogen-bond acceptors (Lipinski definition) is 8. The van der Waals surface area contributed by atoms with E-state index in [9.17, 15) is 27.2 Å². The Bertz CT molecular complexity index is 1720. The third-order valence-corrected chi connectivity index (χ3v) is 6.30. The lowest BCUT2D eigenvalue weighted by Crippen LogP contribution is -2.36. The van der Waals surface area contributed by atoms with Crippen molar-refractivity contribution < 1.29 is 27.2 Å². The van der Waals surface area contributed by atoms with E-state index in [1.807, 2.05) is 4.72 Å². The van der Waals surface area contributed by atoms with Crippen molar-refractivity contribution in [2.45, 2.75) is 6.04 Å². The van der Waals surface area contributed by atoms with Crippen LogP contribution in [-0.2, 0) is 19.6 Å². The second kappa shape index (κ2) is 12.5. The molecule has 0 aliphatic rings. The smallest absolute Gasteiger partial charge is 0.264 e. The van der Waals surface area contributed by atoms with Gasteiger partial charge in [-0.05, 0) is 53.3 Å². The maximum absolute atomic E-state index is 14.8. The van der Waals surface area contributed by atoms with Crippen LogP contribution in [0.25, 0.3) is 11.8 Å². The summed E-state index contributed by atoms with van der Waals surface area (Å²) in [7, 11) is -3.75. The molecule has 0 aliphatic carbocycles. The minimum absolute atomic E-state index is 0.0557. The maximum atomic E-state index is 14.8. The fourth-order valence-corrected chi connectivity index (χ4v) is 4.23. The molecule has 0 spiro atoms. The number of carbonyl (C=O) groups is 3. The quantitative estimate of drug-likeness (QED) is 0.248. The summed E-state index contributed by atoms with van der Waals surface area (Å²) >= 11 is 5.92. The van der Waals surface area contributed by atoms with Crippen LogP contribution in [0.2, 0.25) is 5.02 Å². The summed E-state index contributed by atoms with van der Waals surface area (Å²) in [4.78, 5) is 39.2. The molecule has 210 valence electrons. The molecule has 1 aromatic heterocycles. The number of halogens is 2. The number of rotatable bonds is 9. The summed E-state index contributed by atoms with van der Waals surface area (Å²) in [5.41, 5.74) is 0.894. The zero-order valence-electron chi connectivity index (χ0n) is 21.2. The predicted molar refractivity (Wildman–Crippen MR) is 148 cm³/mol. The highest BCUT2D eigenvalue weighted by Crippen LogP contribution is 2.25. The highest BCUT2D eigenvalue weighted by Gasteiger charge is 2.23. The van der Waals surface area contributed by atoms with E-state index >= 15 is 0 Å². The SMILES string of the molecule is CS(=O)(=O)NC(=O)c1ccc(NC(=O)[C@@H](NC(=O)/C=C/c2c(-n3ncnn3)ccc(Cl)c2F)c2ccccc2)cc1. The van der Waals surface area contributed by atoms with Gasteiger partial charge in [0, 0.05) is 22.9 Å². The number of tetrazole rings is 1. The Balaban J connectivity index is 1.53. The summed E-state index contributed by atoms with van der Waals surface area (Å²) in [5.74, 6) is -2.98. The maximum Gasteiger partial charge on any atom is 0.264 e. The van der Waals surface area contributed by atoms with Gasteiger partial charge in [0.05, 0.1) is 17.0 Å². The topological polar surface area (TPSA) is 165 Å². The Morgan fingerprint density at radius 3 is 2.37 bits per heavy atom. The summed E-state index contributed by atoms with van der Waals surface area (Å²) < 4.78 is 39.3. The van der Waals surface area contributed by atoms with E-state index < -0.39 is 39.6 Å². The van der Waals surface area contributed by atoms with E-state index in [1.54, 1.807) is 30.3 Å². The van der Waals surface area contributed by atoms with Crippen molar-refractivity contribution in [3.8, 4) is 5.69 Å². The molecule has 1 heterocycles. The van der Waals surface area contributed by atoms with Gasteiger partial charge in [0.25, 0.3) is 11.8 Å². The average molecular weight is 598 g/mol. The van der Waals surface area contributed by atoms with E-state index in [4.69, 9.17) is 11.6 Å². The fraction of sp³-hybridized carbons (Fsp3) is 0.0769. The Morgan fingerprint density at radius 2 is 1.73 bits per heavy atom. The summed E-state index contributed by atoms with van der Waals surface area (Å²) in [6, 6.07) is 15.5. The van der Waals surface area contributed by atoms with Crippen LogP contribution in [0, 0.1) is 5.82 Å². The van der Waals surface area contributed by atoms with E-state index in [2.05, 4.69) is 26.0 Å². The Labute approximate surface area is 238 Å². The van der Waals surface area contributed by atoms with Crippen LogP contribution in [0.3, 0.4) is 0 Å². The zero-order chi connectivity index (χ0) is 29.6. The fourth-order valence-electron chi connectivity index (χ4n) is 3.61. The molecule has 0 fully saturated rings. The van der Waals surface area contributed by atoms with Crippen LogP contribution in [0.1, 0.15) is 27.5 Å². The van der Waals surface area contributed by atoms with Gasteiger partial charge in [-0.1, -0.05) is 41.9 Å². The second-order valence-electron chi connectivity index (χ2n) is 8.48. The van der Waals surface area contributed by atoms with Gasteiger partial charge < -0.3 is 10.6 Å². The number of anilines is 1. The molecule has 4 aromatic rings. The Hall–Kier alpha value is -4.95. The first kappa shape index (κ1) is 29.0. The minimum atomic E-state index is -3.75. The highest BCUT2D eigenvalue weighted by atomic mass is 35.5. The number of nitrogens with zero attached hydrogens (tertiary/aromatic N) is 4. The molecule has 3 aromatic carbocycles. The lowest BCUT2D eigenvalue weighted by molar-refractivity contribution is -0.123. The predicted octanol–water partition coefficient (Wildman–Crippen LogP) is 2.65. The zero-order valence-corrected chi connectivity index (χ0v) is 22.7. The molecule has 0 bridgehead atoms. The lowest BCUT2D eigenvalue weighted by atomic mass is 10.1. The number of amides is 3. The van der Waals surface area contributed by atoms with Crippen LogP contribution < -0.4 is 15.4 Å². The standard InChI is InChI=1S/C26H21ClFN7O5S/c1-41(39,40)33-25(37)17-7-9-18(10-8-17)31-26(38)24(16-5-3-2-4-6-16)32-22(36)14-11-19-21(35-30-15-29-34-35)13-12-20(27)23(19)28/h2-15,24H,1H3,(H,31,38)(H,32,36)(H,33,37)/b14-11+/t24-/m0/s1. The molecule has 41 heavy (non-hydrogen) atoms. The largest absolute Gasteiger partial charge is 0.337 e. The van der Waals surface area contributed by atoms with Crippen LogP contribution in [0.15, 0.2) is 79.1 Å². The number of hydrogen-bond donors (Lipinski definition) is 3. The van der Waals surface area contributed by atoms with Crippen LogP contribution >= 0.6 is 11.6 Å². The number of aromatic nitrogens is 4. The molecule has 0 radical (unpaired) electrons. The van der Waals surface area contributed by atoms with Gasteiger partial charge in [0.15, 0.2) is 12.1 Å². The van der Waals surface area contributed by atoms with Crippen molar-refractivity contribution in [2.24, 2.45) is 0 Å². The van der Waals surface area contributed by atoms with E-state index in [0.29, 0.717) is 5.56 Å². The molecule has 15 heteroatoms. The van der Waals surface area contributed by atoms with E-state index in [1.165, 1.54) is 42.5 Å². The van der Waals surface area contributed by atoms with Gasteiger partial charge in [-0.15, -0.1) is 15.0 Å². The first-order valence-corrected chi connectivity index (χ1v) is 14.0. The molecule has 0 aliphatic heterocycles. The second-order valence-corrected chi connectivity index (χ2v) is 10.6. The van der Waals surface area contributed by atoms with Gasteiger partial charge >= 0.3 is 0 Å². The number of carbonyl (C=O) groups excluding carboxylic acids is 3.